The maximum Gasteiger partial charge on any atom is 0.317 e. The molecule has 0 aliphatic carbocycles. The molecule has 2 aliphatic heterocycles. The van der Waals surface area contributed by atoms with E-state index in [0.29, 0.717) is 19.6 Å². The van der Waals surface area contributed by atoms with Crippen LogP contribution >= 0.6 is 0 Å². The maximum atomic E-state index is 12.8. The molecule has 2 heterocycles. The number of likely N-dealkylation sites (N-methyl/N-ethyl adjacent to an activating group) is 1. The molecule has 124 valence electrons. The number of methoxy groups -OCH3 is 1. The number of hydrogen-bond acceptors (Lipinski definition) is 3. The van der Waals surface area contributed by atoms with Crippen LogP contribution < -0.4 is 10.1 Å². The fraction of sp³-hybridized carbons (Fsp3) is 0.529. The van der Waals surface area contributed by atoms with Crippen LogP contribution in [-0.4, -0.2) is 61.1 Å². The first-order valence-corrected chi connectivity index (χ1v) is 7.92. The highest BCUT2D eigenvalue weighted by molar-refractivity contribution is 5.96. The van der Waals surface area contributed by atoms with E-state index in [1.54, 1.807) is 12.0 Å². The molecule has 0 atom stereocenters. The Morgan fingerprint density at radius 1 is 1.30 bits per heavy atom. The van der Waals surface area contributed by atoms with Gasteiger partial charge in [0.25, 0.3) is 5.91 Å². The Bertz CT molecular complexity index is 636. The summed E-state index contributed by atoms with van der Waals surface area (Å²) in [7, 11) is 3.46. The van der Waals surface area contributed by atoms with Crippen LogP contribution in [0.15, 0.2) is 18.2 Å². The smallest absolute Gasteiger partial charge is 0.317 e. The summed E-state index contributed by atoms with van der Waals surface area (Å²) in [6.45, 7) is 3.94. The molecule has 23 heavy (non-hydrogen) atoms. The highest BCUT2D eigenvalue weighted by atomic mass is 16.5. The van der Waals surface area contributed by atoms with Gasteiger partial charge in [0.15, 0.2) is 0 Å². The van der Waals surface area contributed by atoms with Gasteiger partial charge in [-0.3, -0.25) is 4.79 Å². The Labute approximate surface area is 136 Å². The average molecular weight is 317 g/mol. The molecule has 0 unspecified atom stereocenters. The van der Waals surface area contributed by atoms with Crippen molar-refractivity contribution < 1.29 is 14.3 Å². The minimum absolute atomic E-state index is 0.0178. The van der Waals surface area contributed by atoms with E-state index >= 15 is 0 Å². The van der Waals surface area contributed by atoms with Crippen LogP contribution in [-0.2, 0) is 0 Å². The number of carbonyl (C=O) groups excluding carboxylic acids is 2. The Hall–Kier alpha value is -2.24. The molecule has 3 rings (SSSR count). The molecule has 2 saturated heterocycles. The molecule has 3 amide bonds. The number of urea groups is 1. The first-order valence-electron chi connectivity index (χ1n) is 7.92. The number of piperidine rings is 1. The van der Waals surface area contributed by atoms with E-state index in [9.17, 15) is 9.59 Å². The standard InChI is InChI=1S/C17H23N3O3/c1-12-10-13(23-3)4-5-14(12)15(21)20-8-6-17(7-9-20)11-18-16(22)19(17)2/h4-5,10H,6-9,11H2,1-3H3,(H,18,22). The van der Waals surface area contributed by atoms with E-state index in [0.717, 1.165) is 29.7 Å². The van der Waals surface area contributed by atoms with Crippen molar-refractivity contribution in [3.05, 3.63) is 29.3 Å². The normalized spacial score (nSPS) is 19.9. The van der Waals surface area contributed by atoms with Gasteiger partial charge >= 0.3 is 6.03 Å². The summed E-state index contributed by atoms with van der Waals surface area (Å²) in [6.07, 6.45) is 1.62. The highest BCUT2D eigenvalue weighted by Crippen LogP contribution is 2.31. The lowest BCUT2D eigenvalue weighted by atomic mass is 9.87. The van der Waals surface area contributed by atoms with Crippen LogP contribution in [0.5, 0.6) is 5.75 Å². The Morgan fingerprint density at radius 3 is 2.52 bits per heavy atom. The molecule has 0 aromatic heterocycles. The zero-order valence-electron chi connectivity index (χ0n) is 13.9. The summed E-state index contributed by atoms with van der Waals surface area (Å²) in [6, 6.07) is 5.51. The molecular formula is C17H23N3O3. The van der Waals surface area contributed by atoms with Crippen molar-refractivity contribution >= 4 is 11.9 Å². The van der Waals surface area contributed by atoms with Crippen molar-refractivity contribution in [1.82, 2.24) is 15.1 Å². The summed E-state index contributed by atoms with van der Waals surface area (Å²) in [5.74, 6) is 0.814. The number of likely N-dealkylation sites (tertiary alicyclic amines) is 1. The van der Waals surface area contributed by atoms with E-state index in [4.69, 9.17) is 4.74 Å². The van der Waals surface area contributed by atoms with Crippen LogP contribution in [0.25, 0.3) is 0 Å². The number of rotatable bonds is 2. The van der Waals surface area contributed by atoms with Crippen molar-refractivity contribution in [3.63, 3.8) is 0 Å². The van der Waals surface area contributed by atoms with Crippen molar-refractivity contribution in [3.8, 4) is 5.75 Å². The molecule has 0 saturated carbocycles. The van der Waals surface area contributed by atoms with Crippen LogP contribution in [0.1, 0.15) is 28.8 Å². The van der Waals surface area contributed by atoms with Gasteiger partial charge in [-0.25, -0.2) is 4.79 Å². The van der Waals surface area contributed by atoms with Crippen molar-refractivity contribution in [1.29, 1.82) is 0 Å². The molecular weight excluding hydrogens is 294 g/mol. The zero-order chi connectivity index (χ0) is 16.6. The third kappa shape index (κ3) is 2.62. The highest BCUT2D eigenvalue weighted by Gasteiger charge is 2.45. The fourth-order valence-corrected chi connectivity index (χ4v) is 3.50. The number of nitrogens with zero attached hydrogens (tertiary/aromatic N) is 2. The molecule has 2 fully saturated rings. The van der Waals surface area contributed by atoms with Crippen molar-refractivity contribution in [2.45, 2.75) is 25.3 Å². The second-order valence-corrected chi connectivity index (χ2v) is 6.42. The molecule has 1 aromatic carbocycles. The lowest BCUT2D eigenvalue weighted by Gasteiger charge is -2.42. The summed E-state index contributed by atoms with van der Waals surface area (Å²) in [4.78, 5) is 28.2. The van der Waals surface area contributed by atoms with Crippen LogP contribution in [0.4, 0.5) is 4.79 Å². The molecule has 1 aromatic rings. The molecule has 0 radical (unpaired) electrons. The van der Waals surface area contributed by atoms with E-state index < -0.39 is 0 Å². The van der Waals surface area contributed by atoms with Crippen molar-refractivity contribution in [2.75, 3.05) is 33.8 Å². The third-order valence-electron chi connectivity index (χ3n) is 5.23. The monoisotopic (exact) mass is 317 g/mol. The van der Waals surface area contributed by atoms with E-state index in [1.807, 2.05) is 37.1 Å². The second-order valence-electron chi connectivity index (χ2n) is 6.42. The SMILES string of the molecule is COc1ccc(C(=O)N2CCC3(CC2)CNC(=O)N3C)c(C)c1. The lowest BCUT2D eigenvalue weighted by Crippen LogP contribution is -2.54. The second kappa shape index (κ2) is 5.76. The number of amides is 3. The molecule has 1 N–H and O–H groups in total. The largest absolute Gasteiger partial charge is 0.497 e. The first kappa shape index (κ1) is 15.6. The van der Waals surface area contributed by atoms with Gasteiger partial charge in [-0.2, -0.15) is 0 Å². The summed E-state index contributed by atoms with van der Waals surface area (Å²) < 4.78 is 5.19. The van der Waals surface area contributed by atoms with Gasteiger partial charge in [-0.1, -0.05) is 0 Å². The predicted octanol–water partition coefficient (Wildman–Crippen LogP) is 1.63. The first-order chi connectivity index (χ1) is 11.0. The number of hydrogen-bond donors (Lipinski definition) is 1. The number of nitrogens with one attached hydrogen (secondary N) is 1. The molecule has 2 aliphatic rings. The fourth-order valence-electron chi connectivity index (χ4n) is 3.50. The van der Waals surface area contributed by atoms with E-state index in [1.165, 1.54) is 0 Å². The number of aryl methyl sites for hydroxylation is 1. The van der Waals surface area contributed by atoms with Crippen molar-refractivity contribution in [2.24, 2.45) is 0 Å². The summed E-state index contributed by atoms with van der Waals surface area (Å²) in [5.41, 5.74) is 1.50. The Balaban J connectivity index is 1.70. The Morgan fingerprint density at radius 2 is 2.00 bits per heavy atom. The maximum absolute atomic E-state index is 12.8. The molecule has 6 heteroatoms. The zero-order valence-corrected chi connectivity index (χ0v) is 13.9. The van der Waals surface area contributed by atoms with Gasteiger partial charge < -0.3 is 19.9 Å². The van der Waals surface area contributed by atoms with Crippen LogP contribution in [0.2, 0.25) is 0 Å². The molecule has 1 spiro atoms. The lowest BCUT2D eigenvalue weighted by molar-refractivity contribution is 0.0564. The minimum Gasteiger partial charge on any atom is -0.497 e. The number of benzene rings is 1. The summed E-state index contributed by atoms with van der Waals surface area (Å²) >= 11 is 0. The average Bonchev–Trinajstić information content (AvgIpc) is 2.83. The van der Waals surface area contributed by atoms with Gasteiger partial charge in [-0.05, 0) is 43.5 Å². The van der Waals surface area contributed by atoms with Gasteiger partial charge in [0.1, 0.15) is 5.75 Å². The van der Waals surface area contributed by atoms with Gasteiger partial charge in [-0.15, -0.1) is 0 Å². The number of ether oxygens (including phenoxy) is 1. The summed E-state index contributed by atoms with van der Waals surface area (Å²) in [5, 5.41) is 2.90. The predicted molar refractivity (Wildman–Crippen MR) is 86.8 cm³/mol. The van der Waals surface area contributed by atoms with E-state index in [2.05, 4.69) is 5.32 Å². The molecule has 6 nitrogen and oxygen atoms in total. The number of carbonyl (C=O) groups is 2. The Kier molecular flexibility index (Phi) is 3.92. The van der Waals surface area contributed by atoms with Gasteiger partial charge in [0.05, 0.1) is 12.6 Å². The van der Waals surface area contributed by atoms with Gasteiger partial charge in [0, 0.05) is 32.2 Å². The topological polar surface area (TPSA) is 61.9 Å². The van der Waals surface area contributed by atoms with Crippen LogP contribution in [0, 0.1) is 6.92 Å². The quantitative estimate of drug-likeness (QED) is 0.902. The van der Waals surface area contributed by atoms with Crippen LogP contribution in [0.3, 0.4) is 0 Å². The van der Waals surface area contributed by atoms with E-state index in [-0.39, 0.29) is 17.5 Å². The third-order valence-corrected chi connectivity index (χ3v) is 5.23. The minimum atomic E-state index is -0.136. The van der Waals surface area contributed by atoms with Gasteiger partial charge in [0.2, 0.25) is 0 Å². The molecule has 0 bridgehead atoms.